The lowest BCUT2D eigenvalue weighted by Crippen LogP contribution is -2.58. The average molecular weight is 419 g/mol. The van der Waals surface area contributed by atoms with Crippen molar-refractivity contribution in [2.75, 3.05) is 26.2 Å². The average Bonchev–Trinajstić information content (AvgIpc) is 3.39. The molecule has 0 unspecified atom stereocenters. The van der Waals surface area contributed by atoms with Gasteiger partial charge < -0.3 is 9.80 Å². The summed E-state index contributed by atoms with van der Waals surface area (Å²) in [7, 11) is 0. The molecule has 4 rings (SSSR count). The van der Waals surface area contributed by atoms with Crippen molar-refractivity contribution in [3.8, 4) is 0 Å². The van der Waals surface area contributed by atoms with E-state index < -0.39 is 5.54 Å². The monoisotopic (exact) mass is 418 g/mol. The molecule has 8 heteroatoms. The fraction of sp³-hybridized carbons (Fsp3) is 0.714. The number of carbonyl (C=O) groups excluding carboxylic acids is 3. The number of imide groups is 1. The highest BCUT2D eigenvalue weighted by Crippen LogP contribution is 2.40. The van der Waals surface area contributed by atoms with Gasteiger partial charge in [-0.3, -0.25) is 14.5 Å². The van der Waals surface area contributed by atoms with Crippen LogP contribution in [0.25, 0.3) is 0 Å². The largest absolute Gasteiger partial charge is 0.342 e. The maximum absolute atomic E-state index is 13.4. The number of nitrogens with zero attached hydrogens (tertiary/aromatic N) is 4. The Labute approximate surface area is 176 Å². The molecule has 0 aromatic carbocycles. The van der Waals surface area contributed by atoms with Gasteiger partial charge in [0.05, 0.1) is 17.1 Å². The zero-order chi connectivity index (χ0) is 20.8. The number of thiazole rings is 1. The lowest BCUT2D eigenvalue weighted by atomic mass is 9.85. The van der Waals surface area contributed by atoms with Crippen LogP contribution in [0, 0.1) is 18.8 Å². The minimum atomic E-state index is -0.774. The molecule has 0 atom stereocenters. The molecule has 1 aromatic rings. The topological polar surface area (TPSA) is 73.8 Å². The smallest absolute Gasteiger partial charge is 0.327 e. The van der Waals surface area contributed by atoms with Crippen molar-refractivity contribution < 1.29 is 14.4 Å². The lowest BCUT2D eigenvalue weighted by molar-refractivity contribution is -0.141. The first-order chi connectivity index (χ1) is 13.8. The molecule has 0 N–H and O–H groups in total. The molecule has 1 spiro atoms. The van der Waals surface area contributed by atoms with Crippen molar-refractivity contribution in [3.63, 3.8) is 0 Å². The van der Waals surface area contributed by atoms with Crippen LogP contribution in [0.5, 0.6) is 0 Å². The number of urea groups is 1. The number of amides is 4. The van der Waals surface area contributed by atoms with E-state index in [0.29, 0.717) is 51.4 Å². The Morgan fingerprint density at radius 1 is 1.28 bits per heavy atom. The summed E-state index contributed by atoms with van der Waals surface area (Å²) in [6.07, 6.45) is 3.55. The van der Waals surface area contributed by atoms with Gasteiger partial charge in [-0.25, -0.2) is 9.78 Å². The van der Waals surface area contributed by atoms with Gasteiger partial charge in [-0.2, -0.15) is 0 Å². The predicted octanol–water partition coefficient (Wildman–Crippen LogP) is 2.69. The normalized spacial score (nSPS) is 21.7. The van der Waals surface area contributed by atoms with Crippen LogP contribution in [0.1, 0.15) is 50.2 Å². The number of aromatic nitrogens is 1. The zero-order valence-electron chi connectivity index (χ0n) is 17.5. The standard InChI is InChI=1S/C21H30N4O3S/c1-14(2)11-25-20(28)24(12-16-4-5-16)19(27)21(25)6-8-23(9-7-21)18(26)10-17-13-29-15(3)22-17/h13-14,16H,4-12H2,1-3H3. The highest BCUT2D eigenvalue weighted by Gasteiger charge is 2.58. The first kappa shape index (κ1) is 20.3. The second kappa shape index (κ2) is 7.70. The third kappa shape index (κ3) is 3.91. The molecule has 3 aliphatic rings. The summed E-state index contributed by atoms with van der Waals surface area (Å²) in [5.74, 6) is 0.767. The molecule has 158 valence electrons. The van der Waals surface area contributed by atoms with Crippen LogP contribution in [0.4, 0.5) is 4.79 Å². The van der Waals surface area contributed by atoms with Gasteiger partial charge in [0.25, 0.3) is 5.91 Å². The fourth-order valence-corrected chi connectivity index (χ4v) is 5.10. The summed E-state index contributed by atoms with van der Waals surface area (Å²) in [5, 5.41) is 2.89. The summed E-state index contributed by atoms with van der Waals surface area (Å²) in [6.45, 7) is 8.23. The SMILES string of the molecule is Cc1nc(CC(=O)N2CCC3(CC2)C(=O)N(CC2CC2)C(=O)N3CC(C)C)cs1. The minimum absolute atomic E-state index is 0.0442. The number of carbonyl (C=O) groups is 3. The zero-order valence-corrected chi connectivity index (χ0v) is 18.3. The summed E-state index contributed by atoms with van der Waals surface area (Å²) in [6, 6.07) is -0.131. The van der Waals surface area contributed by atoms with Gasteiger partial charge in [-0.05, 0) is 44.4 Å². The van der Waals surface area contributed by atoms with E-state index in [1.807, 2.05) is 22.1 Å². The van der Waals surface area contributed by atoms with Crippen LogP contribution in [0.15, 0.2) is 5.38 Å². The molecule has 3 fully saturated rings. The van der Waals surface area contributed by atoms with E-state index in [4.69, 9.17) is 0 Å². The molecular weight excluding hydrogens is 388 g/mol. The summed E-state index contributed by atoms with van der Waals surface area (Å²) >= 11 is 1.55. The van der Waals surface area contributed by atoms with E-state index >= 15 is 0 Å². The van der Waals surface area contributed by atoms with Crippen LogP contribution in [-0.2, 0) is 16.0 Å². The van der Waals surface area contributed by atoms with E-state index in [1.165, 1.54) is 4.90 Å². The molecule has 1 saturated carbocycles. The van der Waals surface area contributed by atoms with E-state index in [9.17, 15) is 14.4 Å². The van der Waals surface area contributed by atoms with Crippen molar-refractivity contribution in [3.05, 3.63) is 16.1 Å². The number of likely N-dealkylation sites (tertiary alicyclic amines) is 1. The summed E-state index contributed by atoms with van der Waals surface area (Å²) in [4.78, 5) is 48.7. The van der Waals surface area contributed by atoms with E-state index in [1.54, 1.807) is 11.3 Å². The lowest BCUT2D eigenvalue weighted by Gasteiger charge is -2.42. The van der Waals surface area contributed by atoms with Crippen LogP contribution < -0.4 is 0 Å². The molecule has 3 heterocycles. The van der Waals surface area contributed by atoms with Gasteiger partial charge in [-0.1, -0.05) is 13.8 Å². The van der Waals surface area contributed by atoms with Gasteiger partial charge >= 0.3 is 6.03 Å². The van der Waals surface area contributed by atoms with Crippen molar-refractivity contribution in [1.29, 1.82) is 0 Å². The third-order valence-electron chi connectivity index (χ3n) is 6.25. The number of piperidine rings is 1. The van der Waals surface area contributed by atoms with Gasteiger partial charge in [0.15, 0.2) is 0 Å². The van der Waals surface area contributed by atoms with Crippen molar-refractivity contribution in [1.82, 2.24) is 19.7 Å². The van der Waals surface area contributed by atoms with Crippen LogP contribution in [0.2, 0.25) is 0 Å². The molecule has 7 nitrogen and oxygen atoms in total. The van der Waals surface area contributed by atoms with E-state index in [0.717, 1.165) is 23.5 Å². The third-order valence-corrected chi connectivity index (χ3v) is 7.07. The number of rotatable bonds is 6. The molecule has 1 aliphatic carbocycles. The highest BCUT2D eigenvalue weighted by molar-refractivity contribution is 7.09. The van der Waals surface area contributed by atoms with Gasteiger partial charge in [0.2, 0.25) is 5.91 Å². The Kier molecular flexibility index (Phi) is 5.40. The van der Waals surface area contributed by atoms with Gasteiger partial charge in [-0.15, -0.1) is 11.3 Å². The van der Waals surface area contributed by atoms with E-state index in [2.05, 4.69) is 18.8 Å². The summed E-state index contributed by atoms with van der Waals surface area (Å²) < 4.78 is 0. The maximum Gasteiger partial charge on any atom is 0.327 e. The highest BCUT2D eigenvalue weighted by atomic mass is 32.1. The predicted molar refractivity (Wildman–Crippen MR) is 110 cm³/mol. The Morgan fingerprint density at radius 3 is 2.52 bits per heavy atom. The Bertz CT molecular complexity index is 809. The van der Waals surface area contributed by atoms with E-state index in [-0.39, 0.29) is 23.8 Å². The molecule has 4 amide bonds. The molecule has 0 bridgehead atoms. The number of hydrogen-bond acceptors (Lipinski definition) is 5. The maximum atomic E-state index is 13.4. The quantitative estimate of drug-likeness (QED) is 0.666. The molecule has 0 radical (unpaired) electrons. The summed E-state index contributed by atoms with van der Waals surface area (Å²) in [5.41, 5.74) is 0.0338. The number of hydrogen-bond donors (Lipinski definition) is 0. The minimum Gasteiger partial charge on any atom is -0.342 e. The Balaban J connectivity index is 1.46. The molecule has 2 aliphatic heterocycles. The van der Waals surface area contributed by atoms with Crippen LogP contribution in [-0.4, -0.2) is 69.2 Å². The molecule has 29 heavy (non-hydrogen) atoms. The first-order valence-corrected chi connectivity index (χ1v) is 11.5. The van der Waals surface area contributed by atoms with Gasteiger partial charge in [0.1, 0.15) is 5.54 Å². The van der Waals surface area contributed by atoms with Crippen molar-refractivity contribution in [2.45, 2.75) is 58.4 Å². The Hall–Kier alpha value is -1.96. The van der Waals surface area contributed by atoms with Crippen molar-refractivity contribution in [2.24, 2.45) is 11.8 Å². The molecule has 1 aromatic heterocycles. The van der Waals surface area contributed by atoms with Crippen LogP contribution in [0.3, 0.4) is 0 Å². The molecule has 2 saturated heterocycles. The fourth-order valence-electron chi connectivity index (χ4n) is 4.49. The van der Waals surface area contributed by atoms with Gasteiger partial charge in [0, 0.05) is 31.6 Å². The number of aryl methyl sites for hydroxylation is 1. The first-order valence-electron chi connectivity index (χ1n) is 10.6. The Morgan fingerprint density at radius 2 is 1.97 bits per heavy atom. The van der Waals surface area contributed by atoms with Crippen LogP contribution >= 0.6 is 11.3 Å². The second-order valence-corrected chi connectivity index (χ2v) is 10.2. The molecular formula is C21H30N4O3S. The van der Waals surface area contributed by atoms with Crippen molar-refractivity contribution >= 4 is 29.2 Å². The second-order valence-electron chi connectivity index (χ2n) is 9.09.